The van der Waals surface area contributed by atoms with Gasteiger partial charge in [-0.3, -0.25) is 5.32 Å². The molecule has 0 aromatic carbocycles. The number of likely N-dealkylation sites (tertiary alicyclic amines) is 1. The van der Waals surface area contributed by atoms with E-state index in [4.69, 9.17) is 4.52 Å². The SMILES string of the molecule is Cc1cc(NC(=O)NCCCN2CCCC2)no1. The summed E-state index contributed by atoms with van der Waals surface area (Å²) in [5.74, 6) is 1.13. The minimum absolute atomic E-state index is 0.232. The van der Waals surface area contributed by atoms with Gasteiger partial charge in [-0.15, -0.1) is 0 Å². The molecule has 0 unspecified atom stereocenters. The maximum absolute atomic E-state index is 11.5. The molecule has 0 spiro atoms. The van der Waals surface area contributed by atoms with Crippen molar-refractivity contribution >= 4 is 11.8 Å². The average molecular weight is 252 g/mol. The van der Waals surface area contributed by atoms with E-state index in [2.05, 4.69) is 20.7 Å². The summed E-state index contributed by atoms with van der Waals surface area (Å²) in [6.45, 7) is 5.92. The van der Waals surface area contributed by atoms with Gasteiger partial charge in [-0.2, -0.15) is 0 Å². The molecule has 1 aromatic heterocycles. The lowest BCUT2D eigenvalue weighted by Crippen LogP contribution is -2.32. The first kappa shape index (κ1) is 12.9. The van der Waals surface area contributed by atoms with Crippen molar-refractivity contribution < 1.29 is 9.32 Å². The van der Waals surface area contributed by atoms with Crippen LogP contribution >= 0.6 is 0 Å². The molecule has 1 aliphatic rings. The van der Waals surface area contributed by atoms with Crippen LogP contribution in [0.3, 0.4) is 0 Å². The van der Waals surface area contributed by atoms with Gasteiger partial charge in [0.15, 0.2) is 5.82 Å². The molecule has 2 heterocycles. The molecule has 0 aliphatic carbocycles. The van der Waals surface area contributed by atoms with Crippen LogP contribution in [0.15, 0.2) is 10.6 Å². The highest BCUT2D eigenvalue weighted by molar-refractivity contribution is 5.88. The van der Waals surface area contributed by atoms with Crippen LogP contribution in [0.1, 0.15) is 25.0 Å². The highest BCUT2D eigenvalue weighted by atomic mass is 16.5. The number of nitrogens with one attached hydrogen (secondary N) is 2. The van der Waals surface area contributed by atoms with Crippen molar-refractivity contribution in [3.63, 3.8) is 0 Å². The van der Waals surface area contributed by atoms with Crippen molar-refractivity contribution in [2.75, 3.05) is 31.5 Å². The van der Waals surface area contributed by atoms with Crippen LogP contribution in [0.4, 0.5) is 10.6 Å². The van der Waals surface area contributed by atoms with Crippen molar-refractivity contribution in [1.82, 2.24) is 15.4 Å². The number of urea groups is 1. The van der Waals surface area contributed by atoms with Crippen LogP contribution in [-0.2, 0) is 0 Å². The molecule has 1 fully saturated rings. The quantitative estimate of drug-likeness (QED) is 0.781. The fraction of sp³-hybridized carbons (Fsp3) is 0.667. The Bertz CT molecular complexity index is 385. The molecule has 0 atom stereocenters. The number of aromatic nitrogens is 1. The molecule has 18 heavy (non-hydrogen) atoms. The number of carbonyl (C=O) groups is 1. The fourth-order valence-electron chi connectivity index (χ4n) is 2.10. The second kappa shape index (κ2) is 6.39. The van der Waals surface area contributed by atoms with E-state index in [1.165, 1.54) is 25.9 Å². The highest BCUT2D eigenvalue weighted by Gasteiger charge is 2.10. The predicted octanol–water partition coefficient (Wildman–Crippen LogP) is 1.59. The Labute approximate surface area is 107 Å². The maximum atomic E-state index is 11.5. The molecular weight excluding hydrogens is 232 g/mol. The summed E-state index contributed by atoms with van der Waals surface area (Å²) in [6.07, 6.45) is 3.59. The second-order valence-corrected chi connectivity index (χ2v) is 4.61. The number of rotatable bonds is 5. The Morgan fingerprint density at radius 1 is 1.50 bits per heavy atom. The van der Waals surface area contributed by atoms with Gasteiger partial charge in [-0.1, -0.05) is 5.16 Å². The van der Waals surface area contributed by atoms with E-state index in [1.807, 2.05) is 0 Å². The number of hydrogen-bond acceptors (Lipinski definition) is 4. The summed E-state index contributed by atoms with van der Waals surface area (Å²) < 4.78 is 4.86. The number of anilines is 1. The lowest BCUT2D eigenvalue weighted by molar-refractivity contribution is 0.250. The Balaban J connectivity index is 1.57. The number of nitrogens with zero attached hydrogens (tertiary/aromatic N) is 2. The lowest BCUT2D eigenvalue weighted by atomic mass is 10.4. The molecule has 1 saturated heterocycles. The fourth-order valence-corrected chi connectivity index (χ4v) is 2.10. The zero-order chi connectivity index (χ0) is 12.8. The summed E-state index contributed by atoms with van der Waals surface area (Å²) in [6, 6.07) is 1.45. The molecular formula is C12H20N4O2. The van der Waals surface area contributed by atoms with E-state index < -0.39 is 0 Å². The number of amides is 2. The molecule has 100 valence electrons. The van der Waals surface area contributed by atoms with Gasteiger partial charge in [0.2, 0.25) is 0 Å². The Morgan fingerprint density at radius 3 is 2.94 bits per heavy atom. The smallest absolute Gasteiger partial charge is 0.320 e. The monoisotopic (exact) mass is 252 g/mol. The molecule has 1 aromatic rings. The molecule has 0 saturated carbocycles. The molecule has 6 nitrogen and oxygen atoms in total. The summed E-state index contributed by atoms with van der Waals surface area (Å²) in [4.78, 5) is 13.9. The number of carbonyl (C=O) groups excluding carboxylic acids is 1. The summed E-state index contributed by atoms with van der Waals surface area (Å²) in [7, 11) is 0. The van der Waals surface area contributed by atoms with Crippen LogP contribution in [0, 0.1) is 6.92 Å². The minimum atomic E-state index is -0.232. The Hall–Kier alpha value is -1.56. The van der Waals surface area contributed by atoms with E-state index in [0.717, 1.165) is 13.0 Å². The largest absolute Gasteiger partial charge is 0.360 e. The third kappa shape index (κ3) is 4.03. The average Bonchev–Trinajstić information content (AvgIpc) is 2.96. The van der Waals surface area contributed by atoms with Crippen molar-refractivity contribution in [2.24, 2.45) is 0 Å². The van der Waals surface area contributed by atoms with Crippen LogP contribution in [0.2, 0.25) is 0 Å². The first-order valence-electron chi connectivity index (χ1n) is 6.44. The molecule has 2 rings (SSSR count). The van der Waals surface area contributed by atoms with Gasteiger partial charge in [0, 0.05) is 12.6 Å². The topological polar surface area (TPSA) is 70.4 Å². The normalized spacial score (nSPS) is 15.8. The first-order valence-corrected chi connectivity index (χ1v) is 6.44. The molecule has 0 bridgehead atoms. The zero-order valence-corrected chi connectivity index (χ0v) is 10.7. The van der Waals surface area contributed by atoms with Crippen LogP contribution in [0.5, 0.6) is 0 Å². The number of hydrogen-bond donors (Lipinski definition) is 2. The molecule has 1 aliphatic heterocycles. The summed E-state index contributed by atoms with van der Waals surface area (Å²) >= 11 is 0. The van der Waals surface area contributed by atoms with E-state index in [9.17, 15) is 4.79 Å². The van der Waals surface area contributed by atoms with Crippen molar-refractivity contribution in [3.8, 4) is 0 Å². The van der Waals surface area contributed by atoms with Crippen molar-refractivity contribution in [2.45, 2.75) is 26.2 Å². The van der Waals surface area contributed by atoms with Gasteiger partial charge >= 0.3 is 6.03 Å². The van der Waals surface area contributed by atoms with Crippen molar-refractivity contribution in [3.05, 3.63) is 11.8 Å². The van der Waals surface area contributed by atoms with Gasteiger partial charge in [-0.05, 0) is 45.8 Å². The van der Waals surface area contributed by atoms with Gasteiger partial charge in [0.25, 0.3) is 0 Å². The van der Waals surface area contributed by atoms with Gasteiger partial charge in [-0.25, -0.2) is 4.79 Å². The standard InChI is InChI=1S/C12H20N4O2/c1-10-9-11(15-18-10)14-12(17)13-5-4-8-16-6-2-3-7-16/h9H,2-8H2,1H3,(H2,13,14,15,17). The predicted molar refractivity (Wildman–Crippen MR) is 68.6 cm³/mol. The van der Waals surface area contributed by atoms with Gasteiger partial charge in [0.05, 0.1) is 0 Å². The van der Waals surface area contributed by atoms with Crippen LogP contribution in [-0.4, -0.2) is 42.3 Å². The third-order valence-corrected chi connectivity index (χ3v) is 3.00. The Kier molecular flexibility index (Phi) is 4.58. The van der Waals surface area contributed by atoms with E-state index in [-0.39, 0.29) is 6.03 Å². The second-order valence-electron chi connectivity index (χ2n) is 4.61. The van der Waals surface area contributed by atoms with E-state index >= 15 is 0 Å². The lowest BCUT2D eigenvalue weighted by Gasteiger charge is -2.14. The van der Waals surface area contributed by atoms with Crippen LogP contribution < -0.4 is 10.6 Å². The first-order chi connectivity index (χ1) is 8.74. The van der Waals surface area contributed by atoms with E-state index in [0.29, 0.717) is 18.1 Å². The Morgan fingerprint density at radius 2 is 2.28 bits per heavy atom. The number of aryl methyl sites for hydroxylation is 1. The zero-order valence-electron chi connectivity index (χ0n) is 10.7. The van der Waals surface area contributed by atoms with Crippen LogP contribution in [0.25, 0.3) is 0 Å². The molecule has 2 amide bonds. The molecule has 2 N–H and O–H groups in total. The maximum Gasteiger partial charge on any atom is 0.320 e. The van der Waals surface area contributed by atoms with E-state index in [1.54, 1.807) is 13.0 Å². The van der Waals surface area contributed by atoms with Crippen molar-refractivity contribution in [1.29, 1.82) is 0 Å². The molecule has 6 heteroatoms. The van der Waals surface area contributed by atoms with Gasteiger partial charge in [0.1, 0.15) is 5.76 Å². The summed E-state index contributed by atoms with van der Waals surface area (Å²) in [5, 5.41) is 9.12. The third-order valence-electron chi connectivity index (χ3n) is 3.00. The molecule has 0 radical (unpaired) electrons. The van der Waals surface area contributed by atoms with Gasteiger partial charge < -0.3 is 14.7 Å². The minimum Gasteiger partial charge on any atom is -0.360 e. The summed E-state index contributed by atoms with van der Waals surface area (Å²) in [5.41, 5.74) is 0. The highest BCUT2D eigenvalue weighted by Crippen LogP contribution is 2.07.